The van der Waals surface area contributed by atoms with Gasteiger partial charge in [0.05, 0.1) is 0 Å². The van der Waals surface area contributed by atoms with E-state index in [1.807, 2.05) is 6.19 Å². The zero-order chi connectivity index (χ0) is 7.61. The summed E-state index contributed by atoms with van der Waals surface area (Å²) in [6, 6.07) is 0.414. The number of hydrogen-bond donors (Lipinski definition) is 1. The lowest BCUT2D eigenvalue weighted by atomic mass is 9.88. The van der Waals surface area contributed by atoms with Gasteiger partial charge in [-0.2, -0.15) is 5.26 Å². The fraction of sp³-hybridized carbons (Fsp3) is 0.875. The van der Waals surface area contributed by atoms with Gasteiger partial charge in [-0.25, -0.2) is 0 Å². The summed E-state index contributed by atoms with van der Waals surface area (Å²) in [5.74, 6) is 0. The smallest absolute Gasteiger partial charge is 0.176 e. The standard InChI is InChI=1S/C8H14N2/c1-8(2)5-3-4-7(8)10-6-9/h7,10H,3-5H2,1-2H3. The Morgan fingerprint density at radius 3 is 2.70 bits per heavy atom. The van der Waals surface area contributed by atoms with Gasteiger partial charge in [0.15, 0.2) is 6.19 Å². The molecule has 1 aliphatic rings. The van der Waals surface area contributed by atoms with Crippen LogP contribution in [0.25, 0.3) is 0 Å². The summed E-state index contributed by atoms with van der Waals surface area (Å²) in [6.07, 6.45) is 5.67. The van der Waals surface area contributed by atoms with Crippen molar-refractivity contribution in [2.75, 3.05) is 0 Å². The van der Waals surface area contributed by atoms with Crippen molar-refractivity contribution in [2.45, 2.75) is 39.2 Å². The van der Waals surface area contributed by atoms with E-state index < -0.39 is 0 Å². The van der Waals surface area contributed by atoms with E-state index in [0.29, 0.717) is 11.5 Å². The summed E-state index contributed by atoms with van der Waals surface area (Å²) in [7, 11) is 0. The highest BCUT2D eigenvalue weighted by molar-refractivity contribution is 4.93. The molecule has 0 amide bonds. The molecular weight excluding hydrogens is 124 g/mol. The van der Waals surface area contributed by atoms with Gasteiger partial charge in [0, 0.05) is 6.04 Å². The molecule has 0 bridgehead atoms. The van der Waals surface area contributed by atoms with Gasteiger partial charge in [0.25, 0.3) is 0 Å². The van der Waals surface area contributed by atoms with Gasteiger partial charge in [-0.3, -0.25) is 0 Å². The largest absolute Gasteiger partial charge is 0.320 e. The Labute approximate surface area is 62.2 Å². The van der Waals surface area contributed by atoms with Crippen molar-refractivity contribution in [3.8, 4) is 6.19 Å². The summed E-state index contributed by atoms with van der Waals surface area (Å²) in [5.41, 5.74) is 0.329. The third-order valence-corrected chi connectivity index (χ3v) is 2.50. The van der Waals surface area contributed by atoms with Crippen molar-refractivity contribution in [3.05, 3.63) is 0 Å². The topological polar surface area (TPSA) is 35.8 Å². The number of rotatable bonds is 1. The third kappa shape index (κ3) is 1.23. The Morgan fingerprint density at radius 2 is 2.30 bits per heavy atom. The van der Waals surface area contributed by atoms with Crippen LogP contribution >= 0.6 is 0 Å². The number of hydrogen-bond acceptors (Lipinski definition) is 2. The molecule has 1 N–H and O–H groups in total. The van der Waals surface area contributed by atoms with Gasteiger partial charge in [-0.1, -0.05) is 20.3 Å². The Kier molecular flexibility index (Phi) is 1.85. The van der Waals surface area contributed by atoms with Crippen LogP contribution in [-0.4, -0.2) is 6.04 Å². The molecule has 1 aliphatic carbocycles. The maximum Gasteiger partial charge on any atom is 0.176 e. The van der Waals surface area contributed by atoms with E-state index in [0.717, 1.165) is 6.42 Å². The van der Waals surface area contributed by atoms with Gasteiger partial charge in [-0.15, -0.1) is 0 Å². The first kappa shape index (κ1) is 7.40. The van der Waals surface area contributed by atoms with Crippen LogP contribution in [-0.2, 0) is 0 Å². The van der Waals surface area contributed by atoms with Gasteiger partial charge in [0.2, 0.25) is 0 Å². The van der Waals surface area contributed by atoms with Gasteiger partial charge in [0.1, 0.15) is 0 Å². The Morgan fingerprint density at radius 1 is 1.60 bits per heavy atom. The average Bonchev–Trinajstić information content (AvgIpc) is 2.13. The van der Waals surface area contributed by atoms with Crippen molar-refractivity contribution < 1.29 is 0 Å². The van der Waals surface area contributed by atoms with Crippen LogP contribution in [0.5, 0.6) is 0 Å². The molecule has 1 fully saturated rings. The molecule has 0 spiro atoms. The highest BCUT2D eigenvalue weighted by Gasteiger charge is 2.33. The van der Waals surface area contributed by atoms with E-state index in [2.05, 4.69) is 19.2 Å². The van der Waals surface area contributed by atoms with Crippen LogP contribution < -0.4 is 5.32 Å². The average molecular weight is 138 g/mol. The molecule has 1 saturated carbocycles. The number of nitriles is 1. The highest BCUT2D eigenvalue weighted by Crippen LogP contribution is 2.36. The molecule has 56 valence electrons. The van der Waals surface area contributed by atoms with Crippen LogP contribution in [0.1, 0.15) is 33.1 Å². The predicted octanol–water partition coefficient (Wildman–Crippen LogP) is 1.64. The van der Waals surface area contributed by atoms with E-state index in [1.165, 1.54) is 12.8 Å². The van der Waals surface area contributed by atoms with E-state index in [4.69, 9.17) is 5.26 Å². The fourth-order valence-corrected chi connectivity index (χ4v) is 1.67. The maximum absolute atomic E-state index is 8.40. The van der Waals surface area contributed by atoms with E-state index >= 15 is 0 Å². The predicted molar refractivity (Wildman–Crippen MR) is 40.2 cm³/mol. The van der Waals surface area contributed by atoms with E-state index in [9.17, 15) is 0 Å². The van der Waals surface area contributed by atoms with Crippen molar-refractivity contribution in [1.29, 1.82) is 5.26 Å². The molecule has 0 radical (unpaired) electrons. The molecule has 1 atom stereocenters. The quantitative estimate of drug-likeness (QED) is 0.441. The van der Waals surface area contributed by atoms with Crippen LogP contribution in [0.15, 0.2) is 0 Å². The molecule has 1 rings (SSSR count). The lowest BCUT2D eigenvalue weighted by Crippen LogP contribution is -2.34. The van der Waals surface area contributed by atoms with Gasteiger partial charge < -0.3 is 5.32 Å². The Bertz CT molecular complexity index is 155. The SMILES string of the molecule is CC1(C)CCCC1NC#N. The molecule has 2 nitrogen and oxygen atoms in total. The third-order valence-electron chi connectivity index (χ3n) is 2.50. The Hall–Kier alpha value is -0.710. The second-order valence-electron chi connectivity index (χ2n) is 3.69. The minimum absolute atomic E-state index is 0.329. The first-order valence-corrected chi connectivity index (χ1v) is 3.81. The lowest BCUT2D eigenvalue weighted by Gasteiger charge is -2.25. The van der Waals surface area contributed by atoms with E-state index in [1.54, 1.807) is 0 Å². The summed E-state index contributed by atoms with van der Waals surface area (Å²) in [6.45, 7) is 4.43. The molecule has 0 saturated heterocycles. The normalized spacial score (nSPS) is 29.5. The summed E-state index contributed by atoms with van der Waals surface area (Å²) < 4.78 is 0. The van der Waals surface area contributed by atoms with Gasteiger partial charge >= 0.3 is 0 Å². The summed E-state index contributed by atoms with van der Waals surface area (Å²) in [4.78, 5) is 0. The highest BCUT2D eigenvalue weighted by atomic mass is 14.9. The van der Waals surface area contributed by atoms with Crippen LogP contribution in [0.4, 0.5) is 0 Å². The minimum Gasteiger partial charge on any atom is -0.320 e. The van der Waals surface area contributed by atoms with Crippen LogP contribution in [0, 0.1) is 16.9 Å². The zero-order valence-electron chi connectivity index (χ0n) is 6.65. The first-order valence-electron chi connectivity index (χ1n) is 3.81. The van der Waals surface area contributed by atoms with Crippen molar-refractivity contribution in [3.63, 3.8) is 0 Å². The molecule has 0 aromatic rings. The number of nitrogens with zero attached hydrogens (tertiary/aromatic N) is 1. The van der Waals surface area contributed by atoms with Crippen molar-refractivity contribution in [2.24, 2.45) is 5.41 Å². The molecule has 0 aromatic heterocycles. The Balaban J connectivity index is 2.53. The second-order valence-corrected chi connectivity index (χ2v) is 3.69. The van der Waals surface area contributed by atoms with Crippen LogP contribution in [0.3, 0.4) is 0 Å². The zero-order valence-corrected chi connectivity index (χ0v) is 6.65. The molecule has 2 heteroatoms. The number of nitrogens with one attached hydrogen (secondary N) is 1. The van der Waals surface area contributed by atoms with Crippen LogP contribution in [0.2, 0.25) is 0 Å². The maximum atomic E-state index is 8.40. The molecule has 1 unspecified atom stereocenters. The molecule has 0 heterocycles. The minimum atomic E-state index is 0.329. The van der Waals surface area contributed by atoms with Gasteiger partial charge in [-0.05, 0) is 18.3 Å². The fourth-order valence-electron chi connectivity index (χ4n) is 1.67. The van der Waals surface area contributed by atoms with Crippen molar-refractivity contribution >= 4 is 0 Å². The molecule has 10 heavy (non-hydrogen) atoms. The van der Waals surface area contributed by atoms with Crippen molar-refractivity contribution in [1.82, 2.24) is 5.32 Å². The van der Waals surface area contributed by atoms with E-state index in [-0.39, 0.29) is 0 Å². The summed E-state index contributed by atoms with van der Waals surface area (Å²) >= 11 is 0. The lowest BCUT2D eigenvalue weighted by molar-refractivity contribution is 0.307. The molecule has 0 aromatic carbocycles. The molecule has 0 aliphatic heterocycles. The second kappa shape index (κ2) is 2.49. The summed E-state index contributed by atoms with van der Waals surface area (Å²) in [5, 5.41) is 11.2. The molecular formula is C8H14N2. The first-order chi connectivity index (χ1) is 4.67. The monoisotopic (exact) mass is 138 g/mol.